The maximum Gasteiger partial charge on any atom is 0.224 e. The first kappa shape index (κ1) is 14.8. The van der Waals surface area contributed by atoms with Gasteiger partial charge in [-0.3, -0.25) is 4.79 Å². The number of hydrogen-bond donors (Lipinski definition) is 3. The fourth-order valence-electron chi connectivity index (χ4n) is 1.61. The van der Waals surface area contributed by atoms with Gasteiger partial charge in [0.15, 0.2) is 0 Å². The van der Waals surface area contributed by atoms with Crippen LogP contribution in [0.5, 0.6) is 5.75 Å². The molecule has 0 saturated carbocycles. The summed E-state index contributed by atoms with van der Waals surface area (Å²) in [5.41, 5.74) is 6.04. The summed E-state index contributed by atoms with van der Waals surface area (Å²) < 4.78 is 0. The van der Waals surface area contributed by atoms with Gasteiger partial charge in [0.25, 0.3) is 0 Å². The number of anilines is 1. The SMILES string of the molecule is CC(CCN)CCC(=O)Nc1ccc(O)c(Cl)c1. The lowest BCUT2D eigenvalue weighted by molar-refractivity contribution is -0.116. The van der Waals surface area contributed by atoms with E-state index < -0.39 is 0 Å². The Hall–Kier alpha value is -1.26. The molecule has 0 spiro atoms. The van der Waals surface area contributed by atoms with E-state index in [2.05, 4.69) is 12.2 Å². The Morgan fingerprint density at radius 2 is 2.22 bits per heavy atom. The van der Waals surface area contributed by atoms with Crippen LogP contribution in [0, 0.1) is 5.92 Å². The highest BCUT2D eigenvalue weighted by atomic mass is 35.5. The number of halogens is 1. The van der Waals surface area contributed by atoms with E-state index in [1.807, 2.05) is 0 Å². The molecule has 1 unspecified atom stereocenters. The highest BCUT2D eigenvalue weighted by Gasteiger charge is 2.07. The van der Waals surface area contributed by atoms with Gasteiger partial charge in [-0.1, -0.05) is 18.5 Å². The van der Waals surface area contributed by atoms with Crippen molar-refractivity contribution in [3.05, 3.63) is 23.2 Å². The maximum absolute atomic E-state index is 11.7. The van der Waals surface area contributed by atoms with E-state index >= 15 is 0 Å². The monoisotopic (exact) mass is 270 g/mol. The molecule has 0 bridgehead atoms. The van der Waals surface area contributed by atoms with Crippen LogP contribution in [0.3, 0.4) is 0 Å². The lowest BCUT2D eigenvalue weighted by atomic mass is 10.0. The van der Waals surface area contributed by atoms with Gasteiger partial charge >= 0.3 is 0 Å². The third-order valence-corrected chi connectivity index (χ3v) is 3.06. The first-order valence-electron chi connectivity index (χ1n) is 6.01. The Bertz CT molecular complexity index is 410. The highest BCUT2D eigenvalue weighted by molar-refractivity contribution is 6.32. The van der Waals surface area contributed by atoms with Crippen molar-refractivity contribution in [2.75, 3.05) is 11.9 Å². The molecule has 0 aliphatic rings. The quantitative estimate of drug-likeness (QED) is 0.696. The van der Waals surface area contributed by atoms with Crippen molar-refractivity contribution in [1.82, 2.24) is 0 Å². The molecular weight excluding hydrogens is 252 g/mol. The molecule has 0 radical (unpaired) electrons. The van der Waals surface area contributed by atoms with Crippen molar-refractivity contribution in [2.45, 2.75) is 26.2 Å². The molecule has 0 aromatic heterocycles. The Morgan fingerprint density at radius 3 is 2.83 bits per heavy atom. The molecule has 5 heteroatoms. The summed E-state index contributed by atoms with van der Waals surface area (Å²) in [7, 11) is 0. The van der Waals surface area contributed by atoms with Crippen LogP contribution in [0.4, 0.5) is 5.69 Å². The molecule has 1 aromatic rings. The van der Waals surface area contributed by atoms with Gasteiger partial charge < -0.3 is 16.2 Å². The minimum Gasteiger partial charge on any atom is -0.506 e. The number of nitrogens with two attached hydrogens (primary N) is 1. The Balaban J connectivity index is 2.42. The Morgan fingerprint density at radius 1 is 1.50 bits per heavy atom. The summed E-state index contributed by atoms with van der Waals surface area (Å²) in [6, 6.07) is 4.59. The minimum atomic E-state index is -0.0550. The third-order valence-electron chi connectivity index (χ3n) is 2.76. The molecule has 18 heavy (non-hydrogen) atoms. The molecule has 4 nitrogen and oxygen atoms in total. The van der Waals surface area contributed by atoms with Crippen LogP contribution in [-0.4, -0.2) is 17.6 Å². The van der Waals surface area contributed by atoms with Crippen LogP contribution in [0.1, 0.15) is 26.2 Å². The molecule has 0 aliphatic heterocycles. The second-order valence-corrected chi connectivity index (χ2v) is 4.84. The lowest BCUT2D eigenvalue weighted by Crippen LogP contribution is -2.14. The number of nitrogens with one attached hydrogen (secondary N) is 1. The van der Waals surface area contributed by atoms with E-state index in [0.717, 1.165) is 12.8 Å². The number of amides is 1. The number of phenols is 1. The van der Waals surface area contributed by atoms with E-state index in [4.69, 9.17) is 17.3 Å². The van der Waals surface area contributed by atoms with Crippen molar-refractivity contribution >= 4 is 23.2 Å². The zero-order valence-corrected chi connectivity index (χ0v) is 11.2. The molecular formula is C13H19ClN2O2. The molecule has 100 valence electrons. The summed E-state index contributed by atoms with van der Waals surface area (Å²) >= 11 is 5.75. The number of hydrogen-bond acceptors (Lipinski definition) is 3. The van der Waals surface area contributed by atoms with Gasteiger partial charge in [0.1, 0.15) is 5.75 Å². The molecule has 1 aromatic carbocycles. The minimum absolute atomic E-state index is 0.00577. The van der Waals surface area contributed by atoms with Gasteiger partial charge in [0, 0.05) is 12.1 Å². The number of rotatable bonds is 6. The van der Waals surface area contributed by atoms with Crippen LogP contribution in [0.25, 0.3) is 0 Å². The number of phenolic OH excluding ortho intramolecular Hbond substituents is 1. The summed E-state index contributed by atoms with van der Waals surface area (Å²) in [6.07, 6.45) is 2.20. The molecule has 4 N–H and O–H groups in total. The number of carbonyl (C=O) groups excluding carboxylic acids is 1. The maximum atomic E-state index is 11.7. The summed E-state index contributed by atoms with van der Waals surface area (Å²) in [5.74, 6) is 0.399. The van der Waals surface area contributed by atoms with Crippen LogP contribution >= 0.6 is 11.6 Å². The van der Waals surface area contributed by atoms with E-state index in [-0.39, 0.29) is 16.7 Å². The van der Waals surface area contributed by atoms with E-state index in [1.54, 1.807) is 6.07 Å². The largest absolute Gasteiger partial charge is 0.506 e. The van der Waals surface area contributed by atoms with Crippen molar-refractivity contribution in [3.8, 4) is 5.75 Å². The molecule has 1 rings (SSSR count). The van der Waals surface area contributed by atoms with Gasteiger partial charge in [-0.25, -0.2) is 0 Å². The Kier molecular flexibility index (Phi) is 5.95. The van der Waals surface area contributed by atoms with Crippen LogP contribution in [0.2, 0.25) is 5.02 Å². The first-order valence-corrected chi connectivity index (χ1v) is 6.39. The molecule has 0 heterocycles. The van der Waals surface area contributed by atoms with Gasteiger partial charge in [0.05, 0.1) is 5.02 Å². The first-order chi connectivity index (χ1) is 8.52. The zero-order valence-electron chi connectivity index (χ0n) is 10.4. The smallest absolute Gasteiger partial charge is 0.224 e. The second kappa shape index (κ2) is 7.24. The van der Waals surface area contributed by atoms with Crippen LogP contribution in [-0.2, 0) is 4.79 Å². The summed E-state index contributed by atoms with van der Waals surface area (Å²) in [5, 5.41) is 12.2. The summed E-state index contributed by atoms with van der Waals surface area (Å²) in [4.78, 5) is 11.7. The molecule has 0 aliphatic carbocycles. The second-order valence-electron chi connectivity index (χ2n) is 4.44. The lowest BCUT2D eigenvalue weighted by Gasteiger charge is -2.10. The van der Waals surface area contributed by atoms with Crippen molar-refractivity contribution in [1.29, 1.82) is 0 Å². The standard InChI is InChI=1S/C13H19ClN2O2/c1-9(6-7-15)2-5-13(18)16-10-3-4-12(17)11(14)8-10/h3-4,8-9,17H,2,5-7,15H2,1H3,(H,16,18). The highest BCUT2D eigenvalue weighted by Crippen LogP contribution is 2.26. The van der Waals surface area contributed by atoms with Crippen molar-refractivity contribution < 1.29 is 9.90 Å². The molecule has 0 saturated heterocycles. The van der Waals surface area contributed by atoms with Crippen LogP contribution in [0.15, 0.2) is 18.2 Å². The third kappa shape index (κ3) is 4.94. The van der Waals surface area contributed by atoms with Gasteiger partial charge in [-0.15, -0.1) is 0 Å². The van der Waals surface area contributed by atoms with E-state index in [0.29, 0.717) is 24.6 Å². The van der Waals surface area contributed by atoms with Gasteiger partial charge in [-0.2, -0.15) is 0 Å². The zero-order chi connectivity index (χ0) is 13.5. The van der Waals surface area contributed by atoms with E-state index in [1.165, 1.54) is 12.1 Å². The average Bonchev–Trinajstić information content (AvgIpc) is 2.32. The predicted octanol–water partition coefficient (Wildman–Crippen LogP) is 2.75. The molecule has 1 atom stereocenters. The normalized spacial score (nSPS) is 12.2. The summed E-state index contributed by atoms with van der Waals surface area (Å²) in [6.45, 7) is 2.73. The average molecular weight is 271 g/mol. The van der Waals surface area contributed by atoms with Gasteiger partial charge in [-0.05, 0) is 43.5 Å². The Labute approximate surface area is 112 Å². The predicted molar refractivity (Wildman–Crippen MR) is 73.8 cm³/mol. The number of benzene rings is 1. The van der Waals surface area contributed by atoms with Crippen molar-refractivity contribution in [3.63, 3.8) is 0 Å². The number of aromatic hydroxyl groups is 1. The molecule has 1 amide bonds. The van der Waals surface area contributed by atoms with E-state index in [9.17, 15) is 9.90 Å². The van der Waals surface area contributed by atoms with Crippen LogP contribution < -0.4 is 11.1 Å². The number of carbonyl (C=O) groups is 1. The topological polar surface area (TPSA) is 75.4 Å². The molecule has 0 fully saturated rings. The van der Waals surface area contributed by atoms with Gasteiger partial charge in [0.2, 0.25) is 5.91 Å². The fraction of sp³-hybridized carbons (Fsp3) is 0.462. The van der Waals surface area contributed by atoms with Crippen molar-refractivity contribution in [2.24, 2.45) is 11.7 Å². The fourth-order valence-corrected chi connectivity index (χ4v) is 1.80.